The Kier molecular flexibility index (Phi) is 5.73. The van der Waals surface area contributed by atoms with Gasteiger partial charge in [0.25, 0.3) is 11.8 Å². The number of rotatable bonds is 5. The van der Waals surface area contributed by atoms with Gasteiger partial charge in [0, 0.05) is 5.56 Å². The highest BCUT2D eigenvalue weighted by Gasteiger charge is 2.09. The lowest BCUT2D eigenvalue weighted by molar-refractivity contribution is 0.0955. The smallest absolute Gasteiger partial charge is 0.271 e. The van der Waals surface area contributed by atoms with Crippen molar-refractivity contribution in [3.8, 4) is 11.6 Å². The molecule has 0 unspecified atom stereocenters. The van der Waals surface area contributed by atoms with Crippen LogP contribution in [-0.2, 0) is 0 Å². The molecule has 0 bridgehead atoms. The molecule has 3 rings (SSSR count). The minimum atomic E-state index is -0.733. The maximum Gasteiger partial charge on any atom is 0.271 e. The lowest BCUT2D eigenvalue weighted by Crippen LogP contribution is -2.17. The summed E-state index contributed by atoms with van der Waals surface area (Å²) in [5.74, 6) is -1.01. The van der Waals surface area contributed by atoms with E-state index in [0.29, 0.717) is 16.9 Å². The van der Waals surface area contributed by atoms with Crippen molar-refractivity contribution in [2.24, 2.45) is 5.10 Å². The number of ether oxygens (including phenoxy) is 1. The van der Waals surface area contributed by atoms with Crippen LogP contribution in [0.25, 0.3) is 0 Å². The fraction of sp³-hybridized carbons (Fsp3) is 0.0526. The van der Waals surface area contributed by atoms with Crippen molar-refractivity contribution in [1.82, 2.24) is 15.4 Å². The molecule has 0 radical (unpaired) electrons. The number of carbonyl (C=O) groups is 1. The molecule has 0 aliphatic carbocycles. The number of aryl methyl sites for hydroxylation is 1. The van der Waals surface area contributed by atoms with Gasteiger partial charge in [-0.15, -0.1) is 0 Å². The van der Waals surface area contributed by atoms with Gasteiger partial charge in [-0.3, -0.25) is 4.79 Å². The number of hydrogen-bond acceptors (Lipinski definition) is 5. The molecule has 8 heteroatoms. The molecule has 2 aromatic carbocycles. The summed E-state index contributed by atoms with van der Waals surface area (Å²) in [7, 11) is 0. The van der Waals surface area contributed by atoms with E-state index in [1.807, 2.05) is 19.1 Å². The molecule has 136 valence electrons. The van der Waals surface area contributed by atoms with Gasteiger partial charge in [-0.25, -0.2) is 10.4 Å². The van der Waals surface area contributed by atoms with Crippen LogP contribution in [0.5, 0.6) is 11.6 Å². The number of benzene rings is 2. The first-order chi connectivity index (χ1) is 13.0. The van der Waals surface area contributed by atoms with E-state index in [1.54, 1.807) is 36.4 Å². The van der Waals surface area contributed by atoms with Gasteiger partial charge in [0.15, 0.2) is 0 Å². The normalized spacial score (nSPS) is 10.8. The molecule has 3 aromatic rings. The fourth-order valence-corrected chi connectivity index (χ4v) is 2.23. The van der Waals surface area contributed by atoms with Crippen molar-refractivity contribution in [1.29, 1.82) is 0 Å². The zero-order valence-electron chi connectivity index (χ0n) is 14.2. The Labute approximate surface area is 159 Å². The van der Waals surface area contributed by atoms with Crippen molar-refractivity contribution in [2.75, 3.05) is 0 Å². The quantitative estimate of drug-likeness (QED) is 0.407. The molecule has 0 atom stereocenters. The average molecular weight is 385 g/mol. The van der Waals surface area contributed by atoms with Crippen LogP contribution in [0.1, 0.15) is 21.5 Å². The van der Waals surface area contributed by atoms with E-state index in [0.717, 1.165) is 11.8 Å². The van der Waals surface area contributed by atoms with E-state index in [9.17, 15) is 9.18 Å². The van der Waals surface area contributed by atoms with E-state index in [1.165, 1.54) is 6.21 Å². The number of nitrogens with zero attached hydrogens (tertiary/aromatic N) is 3. The van der Waals surface area contributed by atoms with Crippen molar-refractivity contribution < 1.29 is 13.9 Å². The highest BCUT2D eigenvalue weighted by molar-refractivity contribution is 6.28. The number of hydrogen-bond donors (Lipinski definition) is 1. The van der Waals surface area contributed by atoms with Crippen molar-refractivity contribution in [2.45, 2.75) is 6.92 Å². The molecular weight excluding hydrogens is 371 g/mol. The van der Waals surface area contributed by atoms with E-state index >= 15 is 0 Å². The number of halogens is 2. The third kappa shape index (κ3) is 5.08. The van der Waals surface area contributed by atoms with Crippen molar-refractivity contribution >= 4 is 23.7 Å². The van der Waals surface area contributed by atoms with E-state index in [2.05, 4.69) is 20.5 Å². The van der Waals surface area contributed by atoms with Crippen LogP contribution in [0.4, 0.5) is 4.39 Å². The van der Waals surface area contributed by atoms with Gasteiger partial charge >= 0.3 is 0 Å². The molecule has 0 fully saturated rings. The molecule has 6 nitrogen and oxygen atoms in total. The second kappa shape index (κ2) is 8.37. The third-order valence-electron chi connectivity index (χ3n) is 3.45. The first kappa shape index (κ1) is 18.5. The Morgan fingerprint density at radius 1 is 1.26 bits per heavy atom. The summed E-state index contributed by atoms with van der Waals surface area (Å²) in [6, 6.07) is 13.8. The summed E-state index contributed by atoms with van der Waals surface area (Å²) in [5, 5.41) is 3.80. The predicted molar refractivity (Wildman–Crippen MR) is 99.8 cm³/mol. The SMILES string of the molecule is Cc1ccc(C(=O)N/N=C\c2cccc(Oc3nc(Cl)ncc3F)c2)cc1. The lowest BCUT2D eigenvalue weighted by atomic mass is 10.1. The Morgan fingerprint density at radius 3 is 2.81 bits per heavy atom. The summed E-state index contributed by atoms with van der Waals surface area (Å²) in [4.78, 5) is 19.2. The summed E-state index contributed by atoms with van der Waals surface area (Å²) < 4.78 is 19.0. The van der Waals surface area contributed by atoms with Gasteiger partial charge in [-0.05, 0) is 48.4 Å². The summed E-state index contributed by atoms with van der Waals surface area (Å²) in [6.07, 6.45) is 2.37. The Hall–Kier alpha value is -3.32. The number of aromatic nitrogens is 2. The van der Waals surface area contributed by atoms with Crippen LogP contribution in [0.15, 0.2) is 59.8 Å². The summed E-state index contributed by atoms with van der Waals surface area (Å²) >= 11 is 5.64. The Morgan fingerprint density at radius 2 is 2.04 bits per heavy atom. The molecule has 27 heavy (non-hydrogen) atoms. The first-order valence-electron chi connectivity index (χ1n) is 7.87. The lowest BCUT2D eigenvalue weighted by Gasteiger charge is -2.06. The minimum Gasteiger partial charge on any atom is -0.436 e. The van der Waals surface area contributed by atoms with Crippen LogP contribution < -0.4 is 10.2 Å². The molecular formula is C19H14ClFN4O2. The van der Waals surface area contributed by atoms with Crippen LogP contribution in [0, 0.1) is 12.7 Å². The fourth-order valence-electron chi connectivity index (χ4n) is 2.11. The molecule has 0 aliphatic rings. The zero-order chi connectivity index (χ0) is 19.2. The highest BCUT2D eigenvalue weighted by atomic mass is 35.5. The van der Waals surface area contributed by atoms with Crippen molar-refractivity contribution in [3.63, 3.8) is 0 Å². The second-order valence-corrected chi connectivity index (χ2v) is 5.87. The second-order valence-electron chi connectivity index (χ2n) is 5.53. The maximum absolute atomic E-state index is 13.7. The number of carbonyl (C=O) groups excluding carboxylic acids is 1. The summed E-state index contributed by atoms with van der Waals surface area (Å²) in [6.45, 7) is 1.94. The standard InChI is InChI=1S/C19H14ClFN4O2/c1-12-5-7-14(8-6-12)17(26)25-23-10-13-3-2-4-15(9-13)27-18-16(21)11-22-19(20)24-18/h2-11H,1H3,(H,25,26)/b23-10-. The van der Waals surface area contributed by atoms with Gasteiger partial charge in [0.05, 0.1) is 12.4 Å². The molecule has 1 aromatic heterocycles. The van der Waals surface area contributed by atoms with E-state index in [-0.39, 0.29) is 17.1 Å². The van der Waals surface area contributed by atoms with Crippen LogP contribution >= 0.6 is 11.6 Å². The molecule has 1 N–H and O–H groups in total. The van der Waals surface area contributed by atoms with Crippen molar-refractivity contribution in [3.05, 3.63) is 82.5 Å². The van der Waals surface area contributed by atoms with Gasteiger partial charge < -0.3 is 4.74 Å². The van der Waals surface area contributed by atoms with Gasteiger partial charge in [-0.2, -0.15) is 14.5 Å². The van der Waals surface area contributed by atoms with Crippen LogP contribution in [0.2, 0.25) is 5.28 Å². The predicted octanol–water partition coefficient (Wildman–Crippen LogP) is 4.13. The van der Waals surface area contributed by atoms with Crippen LogP contribution in [-0.4, -0.2) is 22.1 Å². The molecule has 0 aliphatic heterocycles. The first-order valence-corrected chi connectivity index (χ1v) is 8.25. The maximum atomic E-state index is 13.7. The molecule has 1 heterocycles. The summed E-state index contributed by atoms with van der Waals surface area (Å²) in [5.41, 5.74) is 4.65. The highest BCUT2D eigenvalue weighted by Crippen LogP contribution is 2.23. The average Bonchev–Trinajstić information content (AvgIpc) is 2.65. The molecule has 0 saturated heterocycles. The van der Waals surface area contributed by atoms with Gasteiger partial charge in [-0.1, -0.05) is 29.8 Å². The number of nitrogens with one attached hydrogen (secondary N) is 1. The monoisotopic (exact) mass is 384 g/mol. The number of amides is 1. The van der Waals surface area contributed by atoms with Gasteiger partial charge in [0.1, 0.15) is 5.75 Å². The minimum absolute atomic E-state index is 0.122. The Balaban J connectivity index is 1.66. The largest absolute Gasteiger partial charge is 0.436 e. The zero-order valence-corrected chi connectivity index (χ0v) is 14.9. The van der Waals surface area contributed by atoms with Gasteiger partial charge in [0.2, 0.25) is 11.1 Å². The molecule has 0 saturated carbocycles. The van der Waals surface area contributed by atoms with Crippen LogP contribution in [0.3, 0.4) is 0 Å². The topological polar surface area (TPSA) is 76.5 Å². The molecule has 0 spiro atoms. The third-order valence-corrected chi connectivity index (χ3v) is 3.63. The van der Waals surface area contributed by atoms with E-state index < -0.39 is 5.82 Å². The molecule has 1 amide bonds. The van der Waals surface area contributed by atoms with E-state index in [4.69, 9.17) is 16.3 Å². The number of hydrazone groups is 1. The Bertz CT molecular complexity index is 993.